The van der Waals surface area contributed by atoms with Gasteiger partial charge in [-0.3, -0.25) is 4.90 Å². The number of β-amino-alcohol motifs (C(OH)–C–C–N with tert-alkyl or cyclic N) is 1. The fourth-order valence-electron chi connectivity index (χ4n) is 4.67. The minimum atomic E-state index is -0.344. The number of fused-ring (bicyclic) bond motifs is 1. The molecule has 0 spiro atoms. The summed E-state index contributed by atoms with van der Waals surface area (Å²) in [4.78, 5) is 3.90. The van der Waals surface area contributed by atoms with E-state index in [0.717, 1.165) is 25.9 Å². The monoisotopic (exact) mass is 422 g/mol. The molecule has 4 heteroatoms. The van der Waals surface area contributed by atoms with Gasteiger partial charge < -0.3 is 10.4 Å². The molecule has 2 aromatic carbocycles. The Hall–Kier alpha value is -1.72. The summed E-state index contributed by atoms with van der Waals surface area (Å²) in [6, 6.07) is 17.7. The van der Waals surface area contributed by atoms with Crippen LogP contribution in [0.4, 0.5) is 0 Å². The summed E-state index contributed by atoms with van der Waals surface area (Å²) in [5.74, 6) is 0. The van der Waals surface area contributed by atoms with Crippen LogP contribution in [0.3, 0.4) is 0 Å². The van der Waals surface area contributed by atoms with Crippen LogP contribution < -0.4 is 5.32 Å². The molecule has 0 aliphatic carbocycles. The molecule has 4 rings (SSSR count). The standard InChI is InChI=1S/C26H34N2OS/c1-19-12-14-30-25(19)18-28-13-6-9-23(28)24(29)17-27-26(2,3)16-20-10-11-21-7-4-5-8-22(21)15-20/h4-5,7-8,10-12,14-15,23-24,27,29H,6,9,13,16-18H2,1-3H3/t23-,24-/m1/s1. The lowest BCUT2D eigenvalue weighted by molar-refractivity contribution is 0.0637. The number of nitrogens with one attached hydrogen (secondary N) is 1. The van der Waals surface area contributed by atoms with E-state index in [0.29, 0.717) is 6.54 Å². The number of hydrogen-bond acceptors (Lipinski definition) is 4. The first-order chi connectivity index (χ1) is 14.4. The normalized spacial score (nSPS) is 18.9. The first-order valence-corrected chi connectivity index (χ1v) is 12.0. The Bertz CT molecular complexity index is 980. The minimum absolute atomic E-state index is 0.0722. The van der Waals surface area contributed by atoms with E-state index < -0.39 is 0 Å². The Balaban J connectivity index is 1.34. The van der Waals surface area contributed by atoms with Crippen LogP contribution in [0.1, 0.15) is 42.7 Å². The largest absolute Gasteiger partial charge is 0.390 e. The van der Waals surface area contributed by atoms with Crippen molar-refractivity contribution in [1.29, 1.82) is 0 Å². The fourth-order valence-corrected chi connectivity index (χ4v) is 5.60. The second-order valence-electron chi connectivity index (χ2n) is 9.40. The second-order valence-corrected chi connectivity index (χ2v) is 10.4. The third-order valence-electron chi connectivity index (χ3n) is 6.42. The Morgan fingerprint density at radius 3 is 2.73 bits per heavy atom. The van der Waals surface area contributed by atoms with E-state index in [4.69, 9.17) is 0 Å². The SMILES string of the molecule is Cc1ccsc1CN1CCC[C@@H]1[C@H](O)CNC(C)(C)Cc1ccc2ccccc2c1. The first-order valence-electron chi connectivity index (χ1n) is 11.1. The zero-order valence-corrected chi connectivity index (χ0v) is 19.2. The van der Waals surface area contributed by atoms with Crippen molar-refractivity contribution in [2.45, 2.75) is 64.3 Å². The van der Waals surface area contributed by atoms with Crippen LogP contribution in [-0.4, -0.2) is 40.8 Å². The van der Waals surface area contributed by atoms with Crippen LogP contribution in [0.15, 0.2) is 53.9 Å². The predicted molar refractivity (Wildman–Crippen MR) is 128 cm³/mol. The maximum atomic E-state index is 11.0. The highest BCUT2D eigenvalue weighted by atomic mass is 32.1. The summed E-state index contributed by atoms with van der Waals surface area (Å²) in [5, 5.41) is 19.4. The van der Waals surface area contributed by atoms with Crippen molar-refractivity contribution in [2.24, 2.45) is 0 Å². The van der Waals surface area contributed by atoms with Gasteiger partial charge >= 0.3 is 0 Å². The number of benzene rings is 2. The molecule has 1 saturated heterocycles. The van der Waals surface area contributed by atoms with E-state index in [1.54, 1.807) is 0 Å². The summed E-state index contributed by atoms with van der Waals surface area (Å²) in [6.45, 7) is 9.33. The molecule has 3 aromatic rings. The molecule has 2 atom stereocenters. The van der Waals surface area contributed by atoms with Gasteiger partial charge in [0.1, 0.15) is 0 Å². The Kier molecular flexibility index (Phi) is 6.59. The highest BCUT2D eigenvalue weighted by molar-refractivity contribution is 7.10. The van der Waals surface area contributed by atoms with Gasteiger partial charge in [-0.1, -0.05) is 42.5 Å². The number of likely N-dealkylation sites (tertiary alicyclic amines) is 1. The number of hydrogen-bond donors (Lipinski definition) is 2. The van der Waals surface area contributed by atoms with Crippen molar-refractivity contribution < 1.29 is 5.11 Å². The van der Waals surface area contributed by atoms with Crippen molar-refractivity contribution in [3.8, 4) is 0 Å². The van der Waals surface area contributed by atoms with Gasteiger partial charge in [0.05, 0.1) is 6.10 Å². The Morgan fingerprint density at radius 2 is 1.97 bits per heavy atom. The number of aryl methyl sites for hydroxylation is 1. The molecule has 0 saturated carbocycles. The van der Waals surface area contributed by atoms with Crippen LogP contribution in [0.2, 0.25) is 0 Å². The van der Waals surface area contributed by atoms with E-state index in [1.807, 2.05) is 11.3 Å². The Labute approximate surface area is 184 Å². The zero-order valence-electron chi connectivity index (χ0n) is 18.4. The molecule has 2 N–H and O–H groups in total. The lowest BCUT2D eigenvalue weighted by Crippen LogP contribution is -2.50. The number of thiophene rings is 1. The zero-order chi connectivity index (χ0) is 21.1. The van der Waals surface area contributed by atoms with Gasteiger partial charge in [0.15, 0.2) is 0 Å². The molecule has 1 fully saturated rings. The smallest absolute Gasteiger partial charge is 0.0819 e. The van der Waals surface area contributed by atoms with Gasteiger partial charge in [-0.2, -0.15) is 0 Å². The number of aliphatic hydroxyl groups is 1. The average molecular weight is 423 g/mol. The number of rotatable bonds is 8. The van der Waals surface area contributed by atoms with Crippen LogP contribution in [0, 0.1) is 6.92 Å². The van der Waals surface area contributed by atoms with Gasteiger partial charge in [-0.25, -0.2) is 0 Å². The van der Waals surface area contributed by atoms with Crippen molar-refractivity contribution in [1.82, 2.24) is 10.2 Å². The van der Waals surface area contributed by atoms with Gasteiger partial charge in [-0.05, 0) is 79.9 Å². The van der Waals surface area contributed by atoms with Crippen molar-refractivity contribution in [3.63, 3.8) is 0 Å². The minimum Gasteiger partial charge on any atom is -0.390 e. The molecule has 3 nitrogen and oxygen atoms in total. The molecule has 0 amide bonds. The second kappa shape index (κ2) is 9.19. The highest BCUT2D eigenvalue weighted by Gasteiger charge is 2.32. The van der Waals surface area contributed by atoms with E-state index in [-0.39, 0.29) is 17.7 Å². The van der Waals surface area contributed by atoms with Crippen LogP contribution in [-0.2, 0) is 13.0 Å². The van der Waals surface area contributed by atoms with E-state index in [2.05, 4.69) is 84.9 Å². The molecule has 0 bridgehead atoms. The van der Waals surface area contributed by atoms with Crippen molar-refractivity contribution in [3.05, 3.63) is 69.9 Å². The lowest BCUT2D eigenvalue weighted by Gasteiger charge is -2.32. The van der Waals surface area contributed by atoms with Gasteiger partial charge in [0.2, 0.25) is 0 Å². The van der Waals surface area contributed by atoms with Crippen molar-refractivity contribution in [2.75, 3.05) is 13.1 Å². The maximum absolute atomic E-state index is 11.0. The number of aliphatic hydroxyl groups excluding tert-OH is 1. The summed E-state index contributed by atoms with van der Waals surface area (Å²) >= 11 is 1.83. The van der Waals surface area contributed by atoms with Crippen LogP contribution in [0.5, 0.6) is 0 Å². The molecule has 1 aromatic heterocycles. The van der Waals surface area contributed by atoms with Crippen molar-refractivity contribution >= 4 is 22.1 Å². The van der Waals surface area contributed by atoms with Gasteiger partial charge in [-0.15, -0.1) is 11.3 Å². The van der Waals surface area contributed by atoms with Crippen LogP contribution >= 0.6 is 11.3 Å². The highest BCUT2D eigenvalue weighted by Crippen LogP contribution is 2.26. The average Bonchev–Trinajstić information content (AvgIpc) is 3.35. The van der Waals surface area contributed by atoms with E-state index >= 15 is 0 Å². The molecule has 1 aliphatic heterocycles. The first kappa shape index (κ1) is 21.5. The van der Waals surface area contributed by atoms with Crippen LogP contribution in [0.25, 0.3) is 10.8 Å². The fraction of sp³-hybridized carbons (Fsp3) is 0.462. The van der Waals surface area contributed by atoms with E-state index in [9.17, 15) is 5.11 Å². The lowest BCUT2D eigenvalue weighted by atomic mass is 9.93. The number of nitrogens with zero attached hydrogens (tertiary/aromatic N) is 1. The quantitative estimate of drug-likeness (QED) is 0.527. The molecular weight excluding hydrogens is 388 g/mol. The Morgan fingerprint density at radius 1 is 1.17 bits per heavy atom. The molecular formula is C26H34N2OS. The van der Waals surface area contributed by atoms with Gasteiger partial charge in [0, 0.05) is 29.5 Å². The summed E-state index contributed by atoms with van der Waals surface area (Å²) in [6.07, 6.45) is 2.85. The summed E-state index contributed by atoms with van der Waals surface area (Å²) in [5.41, 5.74) is 2.63. The summed E-state index contributed by atoms with van der Waals surface area (Å²) < 4.78 is 0. The topological polar surface area (TPSA) is 35.5 Å². The predicted octanol–water partition coefficient (Wildman–Crippen LogP) is 5.15. The molecule has 0 unspecified atom stereocenters. The summed E-state index contributed by atoms with van der Waals surface area (Å²) in [7, 11) is 0. The van der Waals surface area contributed by atoms with Gasteiger partial charge in [0.25, 0.3) is 0 Å². The third kappa shape index (κ3) is 5.12. The molecule has 0 radical (unpaired) electrons. The third-order valence-corrected chi connectivity index (χ3v) is 7.43. The van der Waals surface area contributed by atoms with E-state index in [1.165, 1.54) is 33.2 Å². The maximum Gasteiger partial charge on any atom is 0.0819 e. The molecule has 160 valence electrons. The molecule has 1 aliphatic rings. The molecule has 2 heterocycles. The molecule has 30 heavy (non-hydrogen) atoms.